The van der Waals surface area contributed by atoms with Crippen LogP contribution in [0.3, 0.4) is 0 Å². The number of aromatic amines is 1. The zero-order valence-corrected chi connectivity index (χ0v) is 9.66. The van der Waals surface area contributed by atoms with Gasteiger partial charge in [-0.05, 0) is 41.4 Å². The second-order valence-electron chi connectivity index (χ2n) is 3.74. The Kier molecular flexibility index (Phi) is 2.39. The summed E-state index contributed by atoms with van der Waals surface area (Å²) in [4.78, 5) is 7.60. The lowest BCUT2D eigenvalue weighted by molar-refractivity contribution is 0.580. The summed E-state index contributed by atoms with van der Waals surface area (Å²) in [5.41, 5.74) is 8.47. The molecule has 0 amide bonds. The Hall–Kier alpha value is -1.78. The first kappa shape index (κ1) is 10.4. The molecule has 0 unspecified atom stereocenters. The van der Waals surface area contributed by atoms with Crippen LogP contribution in [0.4, 0.5) is 0 Å². The minimum absolute atomic E-state index is 0.350. The van der Waals surface area contributed by atoms with E-state index in [1.54, 1.807) is 12.1 Å². The van der Waals surface area contributed by atoms with Crippen molar-refractivity contribution in [2.45, 2.75) is 6.54 Å². The highest BCUT2D eigenvalue weighted by Gasteiger charge is 2.09. The van der Waals surface area contributed by atoms with Crippen LogP contribution in [0.2, 0.25) is 5.22 Å². The maximum atomic E-state index is 5.73. The van der Waals surface area contributed by atoms with Gasteiger partial charge in [-0.3, -0.25) is 0 Å². The molecular weight excluding hydrogens is 238 g/mol. The standard InChI is InChI=1S/C12H10ClN3O/c13-11-4-3-10(17-11)12-15-8-2-1-7(6-14)5-9(8)16-12/h1-5H,6,14H2,(H,15,16). The smallest absolute Gasteiger partial charge is 0.194 e. The molecule has 2 aromatic heterocycles. The summed E-state index contributed by atoms with van der Waals surface area (Å²) in [5.74, 6) is 1.29. The van der Waals surface area contributed by atoms with Gasteiger partial charge in [0.1, 0.15) is 0 Å². The van der Waals surface area contributed by atoms with Gasteiger partial charge in [-0.1, -0.05) is 6.07 Å². The molecule has 4 nitrogen and oxygen atoms in total. The number of aromatic nitrogens is 2. The second-order valence-corrected chi connectivity index (χ2v) is 4.12. The fraction of sp³-hybridized carbons (Fsp3) is 0.0833. The molecule has 3 rings (SSSR count). The zero-order chi connectivity index (χ0) is 11.8. The molecule has 1 aromatic carbocycles. The summed E-state index contributed by atoms with van der Waals surface area (Å²) in [6.07, 6.45) is 0. The van der Waals surface area contributed by atoms with E-state index in [9.17, 15) is 0 Å². The number of halogens is 1. The Balaban J connectivity index is 2.13. The van der Waals surface area contributed by atoms with Gasteiger partial charge in [0.25, 0.3) is 0 Å². The van der Waals surface area contributed by atoms with Crippen LogP contribution in [0.25, 0.3) is 22.6 Å². The van der Waals surface area contributed by atoms with Crippen molar-refractivity contribution in [1.82, 2.24) is 9.97 Å². The number of furan rings is 1. The van der Waals surface area contributed by atoms with Crippen molar-refractivity contribution >= 4 is 22.6 Å². The van der Waals surface area contributed by atoms with E-state index in [0.29, 0.717) is 23.3 Å². The van der Waals surface area contributed by atoms with Gasteiger partial charge in [0.15, 0.2) is 16.8 Å². The van der Waals surface area contributed by atoms with Crippen molar-refractivity contribution in [3.63, 3.8) is 0 Å². The summed E-state index contributed by atoms with van der Waals surface area (Å²) >= 11 is 5.73. The molecule has 3 N–H and O–H groups in total. The quantitative estimate of drug-likeness (QED) is 0.732. The number of hydrogen-bond acceptors (Lipinski definition) is 3. The largest absolute Gasteiger partial charge is 0.441 e. The molecule has 0 bridgehead atoms. The van der Waals surface area contributed by atoms with Gasteiger partial charge in [0.2, 0.25) is 0 Å². The molecule has 86 valence electrons. The highest BCUT2D eigenvalue weighted by atomic mass is 35.5. The normalized spacial score (nSPS) is 11.2. The molecular formula is C12H10ClN3O. The average molecular weight is 248 g/mol. The minimum atomic E-state index is 0.350. The zero-order valence-electron chi connectivity index (χ0n) is 8.90. The fourth-order valence-corrected chi connectivity index (χ4v) is 1.89. The Morgan fingerprint density at radius 1 is 1.29 bits per heavy atom. The summed E-state index contributed by atoms with van der Waals surface area (Å²) in [7, 11) is 0. The van der Waals surface area contributed by atoms with Crippen molar-refractivity contribution < 1.29 is 4.42 Å². The Morgan fingerprint density at radius 3 is 2.88 bits per heavy atom. The van der Waals surface area contributed by atoms with Crippen molar-refractivity contribution in [1.29, 1.82) is 0 Å². The summed E-state index contributed by atoms with van der Waals surface area (Å²) in [6.45, 7) is 0.511. The molecule has 0 spiro atoms. The first-order valence-electron chi connectivity index (χ1n) is 5.20. The maximum absolute atomic E-state index is 5.73. The van der Waals surface area contributed by atoms with Crippen LogP contribution >= 0.6 is 11.6 Å². The van der Waals surface area contributed by atoms with Crippen LogP contribution in [-0.2, 0) is 6.54 Å². The molecule has 17 heavy (non-hydrogen) atoms. The number of rotatable bonds is 2. The number of nitrogens with zero attached hydrogens (tertiary/aromatic N) is 1. The number of H-pyrrole nitrogens is 1. The first-order valence-corrected chi connectivity index (χ1v) is 5.58. The predicted octanol–water partition coefficient (Wildman–Crippen LogP) is 2.94. The molecule has 5 heteroatoms. The molecule has 0 aliphatic carbocycles. The molecule has 0 atom stereocenters. The molecule has 0 saturated carbocycles. The third-order valence-corrected chi connectivity index (χ3v) is 2.79. The van der Waals surface area contributed by atoms with E-state index in [4.69, 9.17) is 21.8 Å². The van der Waals surface area contributed by atoms with Crippen molar-refractivity contribution in [3.8, 4) is 11.6 Å². The number of imidazole rings is 1. The summed E-state index contributed by atoms with van der Waals surface area (Å²) in [5, 5.41) is 0.350. The summed E-state index contributed by atoms with van der Waals surface area (Å²) in [6, 6.07) is 9.35. The first-order chi connectivity index (χ1) is 8.26. The van der Waals surface area contributed by atoms with Gasteiger partial charge in [-0.25, -0.2) is 4.98 Å². The number of fused-ring (bicyclic) bond motifs is 1. The topological polar surface area (TPSA) is 67.8 Å². The van der Waals surface area contributed by atoms with Crippen LogP contribution < -0.4 is 5.73 Å². The molecule has 0 aliphatic heterocycles. The Bertz CT molecular complexity index is 671. The van der Waals surface area contributed by atoms with Gasteiger partial charge < -0.3 is 15.1 Å². The minimum Gasteiger partial charge on any atom is -0.441 e. The Labute approximate surface area is 102 Å². The maximum Gasteiger partial charge on any atom is 0.194 e. The number of benzene rings is 1. The lowest BCUT2D eigenvalue weighted by atomic mass is 10.2. The van der Waals surface area contributed by atoms with Crippen molar-refractivity contribution in [2.75, 3.05) is 0 Å². The lowest BCUT2D eigenvalue weighted by Gasteiger charge is -1.94. The summed E-state index contributed by atoms with van der Waals surface area (Å²) < 4.78 is 5.30. The van der Waals surface area contributed by atoms with Crippen LogP contribution in [0.15, 0.2) is 34.7 Å². The van der Waals surface area contributed by atoms with Crippen LogP contribution in [-0.4, -0.2) is 9.97 Å². The SMILES string of the molecule is NCc1ccc2nc(-c3ccc(Cl)o3)[nH]c2c1. The molecule has 3 aromatic rings. The second kappa shape index (κ2) is 3.91. The molecule has 0 radical (unpaired) electrons. The lowest BCUT2D eigenvalue weighted by Crippen LogP contribution is -1.95. The van der Waals surface area contributed by atoms with Gasteiger partial charge in [-0.15, -0.1) is 0 Å². The fourth-order valence-electron chi connectivity index (χ4n) is 1.74. The molecule has 0 aliphatic rings. The van der Waals surface area contributed by atoms with Gasteiger partial charge in [-0.2, -0.15) is 0 Å². The van der Waals surface area contributed by atoms with E-state index in [-0.39, 0.29) is 0 Å². The van der Waals surface area contributed by atoms with E-state index in [1.165, 1.54) is 0 Å². The number of nitrogens with one attached hydrogen (secondary N) is 1. The third kappa shape index (κ3) is 1.81. The molecule has 0 saturated heterocycles. The van der Waals surface area contributed by atoms with E-state index in [1.807, 2.05) is 18.2 Å². The third-order valence-electron chi connectivity index (χ3n) is 2.59. The number of nitrogens with two attached hydrogens (primary N) is 1. The highest BCUT2D eigenvalue weighted by Crippen LogP contribution is 2.24. The van der Waals surface area contributed by atoms with E-state index >= 15 is 0 Å². The number of hydrogen-bond donors (Lipinski definition) is 2. The molecule has 0 fully saturated rings. The van der Waals surface area contributed by atoms with E-state index in [0.717, 1.165) is 16.6 Å². The van der Waals surface area contributed by atoms with Crippen LogP contribution in [0, 0.1) is 0 Å². The van der Waals surface area contributed by atoms with Gasteiger partial charge in [0.05, 0.1) is 11.0 Å². The van der Waals surface area contributed by atoms with E-state index in [2.05, 4.69) is 9.97 Å². The van der Waals surface area contributed by atoms with Crippen LogP contribution in [0.5, 0.6) is 0 Å². The van der Waals surface area contributed by atoms with Gasteiger partial charge >= 0.3 is 0 Å². The van der Waals surface area contributed by atoms with Crippen LogP contribution in [0.1, 0.15) is 5.56 Å². The predicted molar refractivity (Wildman–Crippen MR) is 66.7 cm³/mol. The van der Waals surface area contributed by atoms with E-state index < -0.39 is 0 Å². The monoisotopic (exact) mass is 247 g/mol. The van der Waals surface area contributed by atoms with Crippen molar-refractivity contribution in [2.24, 2.45) is 5.73 Å². The Morgan fingerprint density at radius 2 is 2.18 bits per heavy atom. The molecule has 2 heterocycles. The van der Waals surface area contributed by atoms with Gasteiger partial charge in [0, 0.05) is 6.54 Å². The van der Waals surface area contributed by atoms with Crippen molar-refractivity contribution in [3.05, 3.63) is 41.1 Å². The highest BCUT2D eigenvalue weighted by molar-refractivity contribution is 6.28. The average Bonchev–Trinajstić information content (AvgIpc) is 2.93.